The standard InChI is InChI=1S/C16H20Cl3NO10/c1-6(21)25-5-10-11(26-7(2)22)12(27-8(3)23)13(28-9(4)24)14(29-10)30-15(20)16(17,18)19/h10-14,20H,5H2,1-4H3. The quantitative estimate of drug-likeness (QED) is 0.190. The van der Waals surface area contributed by atoms with Gasteiger partial charge in [0.2, 0.25) is 18.3 Å². The van der Waals surface area contributed by atoms with Crippen LogP contribution in [0.1, 0.15) is 27.7 Å². The SMILES string of the molecule is CC(=O)OCC1OC(OC(=N)C(Cl)(Cl)Cl)C(OC(C)=O)C(OC(C)=O)C1OC(C)=O. The van der Waals surface area contributed by atoms with Gasteiger partial charge in [-0.2, -0.15) is 0 Å². The summed E-state index contributed by atoms with van der Waals surface area (Å²) in [5.74, 6) is -4.03. The third-order valence-corrected chi connectivity index (χ3v) is 3.95. The molecule has 0 aromatic carbocycles. The average Bonchev–Trinajstić information content (AvgIpc) is 2.56. The maximum Gasteiger partial charge on any atom is 0.303 e. The van der Waals surface area contributed by atoms with E-state index in [0.717, 1.165) is 27.7 Å². The lowest BCUT2D eigenvalue weighted by atomic mass is 9.98. The van der Waals surface area contributed by atoms with Gasteiger partial charge >= 0.3 is 23.9 Å². The predicted molar refractivity (Wildman–Crippen MR) is 101 cm³/mol. The van der Waals surface area contributed by atoms with E-state index in [1.807, 2.05) is 0 Å². The zero-order valence-electron chi connectivity index (χ0n) is 16.3. The molecule has 170 valence electrons. The smallest absolute Gasteiger partial charge is 0.303 e. The molecule has 1 fully saturated rings. The second kappa shape index (κ2) is 11.0. The van der Waals surface area contributed by atoms with Crippen molar-refractivity contribution in [2.45, 2.75) is 62.2 Å². The Hall–Kier alpha value is -1.82. The molecule has 0 bridgehead atoms. The molecule has 0 aromatic heterocycles. The summed E-state index contributed by atoms with van der Waals surface area (Å²) in [5, 5.41) is 7.74. The van der Waals surface area contributed by atoms with Crippen molar-refractivity contribution in [2.24, 2.45) is 0 Å². The van der Waals surface area contributed by atoms with Gasteiger partial charge in [0.15, 0.2) is 12.2 Å². The molecule has 30 heavy (non-hydrogen) atoms. The Bertz CT molecular complexity index is 695. The zero-order valence-corrected chi connectivity index (χ0v) is 18.6. The molecular formula is C16H20Cl3NO10. The predicted octanol–water partition coefficient (Wildman–Crippen LogP) is 1.43. The molecule has 0 aromatic rings. The fraction of sp³-hybridized carbons (Fsp3) is 0.688. The van der Waals surface area contributed by atoms with E-state index in [4.69, 9.17) is 68.6 Å². The van der Waals surface area contributed by atoms with Crippen molar-refractivity contribution in [3.05, 3.63) is 0 Å². The van der Waals surface area contributed by atoms with Gasteiger partial charge in [0.05, 0.1) is 0 Å². The number of rotatable bonds is 6. The number of hydrogen-bond acceptors (Lipinski definition) is 11. The van der Waals surface area contributed by atoms with E-state index in [2.05, 4.69) is 0 Å². The van der Waals surface area contributed by atoms with Crippen LogP contribution in [0.4, 0.5) is 0 Å². The molecule has 1 saturated heterocycles. The maximum absolute atomic E-state index is 11.7. The molecule has 1 heterocycles. The molecular weight excluding hydrogens is 473 g/mol. The summed E-state index contributed by atoms with van der Waals surface area (Å²) in [5.41, 5.74) is 0. The topological polar surface area (TPSA) is 148 Å². The number of carbonyl (C=O) groups excluding carboxylic acids is 4. The van der Waals surface area contributed by atoms with Crippen molar-refractivity contribution in [3.8, 4) is 0 Å². The lowest BCUT2D eigenvalue weighted by Crippen LogP contribution is -2.63. The molecule has 5 unspecified atom stereocenters. The summed E-state index contributed by atoms with van der Waals surface area (Å²) in [6.07, 6.45) is -7.25. The summed E-state index contributed by atoms with van der Waals surface area (Å²) in [7, 11) is 0. The van der Waals surface area contributed by atoms with Crippen LogP contribution < -0.4 is 0 Å². The van der Waals surface area contributed by atoms with Crippen LogP contribution in [-0.4, -0.2) is 70.9 Å². The molecule has 0 amide bonds. The number of nitrogens with one attached hydrogen (secondary N) is 1. The summed E-state index contributed by atoms with van der Waals surface area (Å²) < 4.78 is 28.9. The highest BCUT2D eigenvalue weighted by atomic mass is 35.6. The summed E-state index contributed by atoms with van der Waals surface area (Å²) in [6.45, 7) is 3.86. The van der Waals surface area contributed by atoms with Crippen molar-refractivity contribution < 1.29 is 47.6 Å². The number of ether oxygens (including phenoxy) is 6. The molecule has 1 N–H and O–H groups in total. The Balaban J connectivity index is 3.37. The molecule has 0 aliphatic carbocycles. The van der Waals surface area contributed by atoms with Crippen molar-refractivity contribution in [1.82, 2.24) is 0 Å². The summed E-state index contributed by atoms with van der Waals surface area (Å²) in [6, 6.07) is 0. The monoisotopic (exact) mass is 491 g/mol. The molecule has 0 saturated carbocycles. The first-order valence-electron chi connectivity index (χ1n) is 8.35. The number of carbonyl (C=O) groups is 4. The third-order valence-electron chi connectivity index (χ3n) is 3.44. The van der Waals surface area contributed by atoms with E-state index in [1.165, 1.54) is 0 Å². The van der Waals surface area contributed by atoms with Crippen LogP contribution in [0.2, 0.25) is 0 Å². The molecule has 1 aliphatic heterocycles. The molecule has 1 rings (SSSR count). The van der Waals surface area contributed by atoms with E-state index in [1.54, 1.807) is 0 Å². The molecule has 1 aliphatic rings. The van der Waals surface area contributed by atoms with Crippen molar-refractivity contribution >= 4 is 64.6 Å². The first-order chi connectivity index (χ1) is 13.7. The van der Waals surface area contributed by atoms with Crippen LogP contribution in [-0.2, 0) is 47.6 Å². The number of hydrogen-bond donors (Lipinski definition) is 1. The Morgan fingerprint density at radius 1 is 0.800 bits per heavy atom. The molecule has 0 radical (unpaired) electrons. The van der Waals surface area contributed by atoms with Crippen LogP contribution in [0.25, 0.3) is 0 Å². The van der Waals surface area contributed by atoms with E-state index in [-0.39, 0.29) is 0 Å². The van der Waals surface area contributed by atoms with Gasteiger partial charge in [-0.15, -0.1) is 0 Å². The Kier molecular flexibility index (Phi) is 9.60. The average molecular weight is 493 g/mol. The summed E-state index contributed by atoms with van der Waals surface area (Å²) in [4.78, 5) is 46.1. The van der Waals surface area contributed by atoms with Gasteiger partial charge in [-0.3, -0.25) is 24.6 Å². The summed E-state index contributed by atoms with van der Waals surface area (Å²) >= 11 is 16.8. The van der Waals surface area contributed by atoms with E-state index >= 15 is 0 Å². The highest BCUT2D eigenvalue weighted by molar-refractivity contribution is 6.76. The van der Waals surface area contributed by atoms with Crippen LogP contribution in [0.3, 0.4) is 0 Å². The minimum absolute atomic E-state index is 0.460. The Morgan fingerprint density at radius 2 is 1.27 bits per heavy atom. The zero-order chi connectivity index (χ0) is 23.2. The fourth-order valence-corrected chi connectivity index (χ4v) is 2.60. The molecule has 14 heteroatoms. The largest absolute Gasteiger partial charge is 0.463 e. The molecule has 0 spiro atoms. The highest BCUT2D eigenvalue weighted by Crippen LogP contribution is 2.33. The first kappa shape index (κ1) is 26.2. The minimum Gasteiger partial charge on any atom is -0.463 e. The third kappa shape index (κ3) is 8.13. The Labute approximate surface area is 186 Å². The lowest BCUT2D eigenvalue weighted by molar-refractivity contribution is -0.292. The first-order valence-corrected chi connectivity index (χ1v) is 9.48. The highest BCUT2D eigenvalue weighted by Gasteiger charge is 2.54. The normalized spacial score (nSPS) is 26.2. The van der Waals surface area contributed by atoms with Gasteiger partial charge < -0.3 is 28.4 Å². The number of esters is 4. The van der Waals surface area contributed by atoms with Crippen LogP contribution in [0.15, 0.2) is 0 Å². The van der Waals surface area contributed by atoms with Crippen LogP contribution in [0.5, 0.6) is 0 Å². The van der Waals surface area contributed by atoms with Gasteiger partial charge in [-0.25, -0.2) is 0 Å². The number of alkyl halides is 3. The van der Waals surface area contributed by atoms with Crippen molar-refractivity contribution in [1.29, 1.82) is 5.41 Å². The second-order valence-corrected chi connectivity index (χ2v) is 8.29. The molecule has 11 nitrogen and oxygen atoms in total. The second-order valence-electron chi connectivity index (χ2n) is 6.01. The van der Waals surface area contributed by atoms with Gasteiger partial charge in [0.25, 0.3) is 3.79 Å². The van der Waals surface area contributed by atoms with Gasteiger partial charge in [-0.05, 0) is 0 Å². The maximum atomic E-state index is 11.7. The molecule has 5 atom stereocenters. The van der Waals surface area contributed by atoms with E-state index in [0.29, 0.717) is 0 Å². The van der Waals surface area contributed by atoms with Crippen LogP contribution in [0, 0.1) is 5.41 Å². The van der Waals surface area contributed by atoms with Gasteiger partial charge in [-0.1, -0.05) is 34.8 Å². The van der Waals surface area contributed by atoms with Gasteiger partial charge in [0, 0.05) is 27.7 Å². The van der Waals surface area contributed by atoms with E-state index in [9.17, 15) is 19.2 Å². The van der Waals surface area contributed by atoms with Crippen LogP contribution >= 0.6 is 34.8 Å². The van der Waals surface area contributed by atoms with Crippen molar-refractivity contribution in [3.63, 3.8) is 0 Å². The van der Waals surface area contributed by atoms with E-state index < -0.39 is 70.9 Å². The minimum atomic E-state index is -2.29. The van der Waals surface area contributed by atoms with Gasteiger partial charge in [0.1, 0.15) is 12.7 Å². The lowest BCUT2D eigenvalue weighted by Gasteiger charge is -2.44. The fourth-order valence-electron chi connectivity index (χ4n) is 2.47. The van der Waals surface area contributed by atoms with Crippen molar-refractivity contribution in [2.75, 3.05) is 6.61 Å². The number of halogens is 3. The Morgan fingerprint density at radius 3 is 1.70 bits per heavy atom.